The molecule has 1 aliphatic rings. The first-order chi connectivity index (χ1) is 11.4. The molecule has 0 aliphatic carbocycles. The molecule has 0 unspecified atom stereocenters. The molecule has 4 nitrogen and oxygen atoms in total. The van der Waals surface area contributed by atoms with Crippen molar-refractivity contribution in [3.8, 4) is 0 Å². The summed E-state index contributed by atoms with van der Waals surface area (Å²) in [4.78, 5) is 15.3. The van der Waals surface area contributed by atoms with Crippen LogP contribution in [0.3, 0.4) is 0 Å². The highest BCUT2D eigenvalue weighted by molar-refractivity contribution is 6.22. The number of aliphatic imine (C=N–C) groups is 1. The maximum Gasteiger partial charge on any atom is 0.416 e. The fraction of sp³-hybridized carbons (Fsp3) is 0.333. The highest BCUT2D eigenvalue weighted by Crippen LogP contribution is 2.36. The summed E-state index contributed by atoms with van der Waals surface area (Å²) in [5.74, 6) is -0.898. The molecular weight excluding hydrogens is 354 g/mol. The molecule has 136 valence electrons. The molecule has 0 aromatic heterocycles. The van der Waals surface area contributed by atoms with Gasteiger partial charge >= 0.3 is 12.4 Å². The summed E-state index contributed by atoms with van der Waals surface area (Å²) in [5, 5.41) is 11.9. The van der Waals surface area contributed by atoms with Crippen LogP contribution < -0.4 is 5.32 Å². The Labute approximate surface area is 137 Å². The van der Waals surface area contributed by atoms with Crippen molar-refractivity contribution >= 4 is 11.6 Å². The molecule has 0 saturated heterocycles. The zero-order valence-electron chi connectivity index (χ0n) is 12.7. The lowest BCUT2D eigenvalue weighted by Gasteiger charge is -2.13. The fourth-order valence-corrected chi connectivity index (χ4v) is 2.24. The van der Waals surface area contributed by atoms with Gasteiger partial charge in [-0.15, -0.1) is 0 Å². The van der Waals surface area contributed by atoms with Crippen LogP contribution in [0.1, 0.15) is 23.6 Å². The monoisotopic (exact) mass is 366 g/mol. The second-order valence-corrected chi connectivity index (χ2v) is 5.32. The third kappa shape index (κ3) is 4.31. The van der Waals surface area contributed by atoms with E-state index in [1.807, 2.05) is 0 Å². The van der Waals surface area contributed by atoms with E-state index in [-0.39, 0.29) is 35.2 Å². The third-order valence-electron chi connectivity index (χ3n) is 3.44. The van der Waals surface area contributed by atoms with Gasteiger partial charge in [-0.05, 0) is 30.7 Å². The number of nitrogens with zero attached hydrogens (tertiary/aromatic N) is 1. The molecule has 0 bridgehead atoms. The van der Waals surface area contributed by atoms with Crippen LogP contribution in [0.2, 0.25) is 0 Å². The van der Waals surface area contributed by atoms with Gasteiger partial charge in [-0.25, -0.2) is 0 Å². The molecule has 1 amide bonds. The number of carbonyl (C=O) groups excluding carboxylic acids is 1. The van der Waals surface area contributed by atoms with E-state index in [0.717, 1.165) is 0 Å². The van der Waals surface area contributed by atoms with Crippen molar-refractivity contribution < 1.29 is 36.2 Å². The quantitative estimate of drug-likeness (QED) is 0.634. The summed E-state index contributed by atoms with van der Waals surface area (Å²) in [5.41, 5.74) is -3.32. The summed E-state index contributed by atoms with van der Waals surface area (Å²) in [6.07, 6.45) is -9.89. The molecule has 1 aromatic carbocycles. The summed E-state index contributed by atoms with van der Waals surface area (Å²) >= 11 is 0. The van der Waals surface area contributed by atoms with E-state index < -0.39 is 35.9 Å². The van der Waals surface area contributed by atoms with Gasteiger partial charge in [0.1, 0.15) is 5.76 Å². The number of nitrogens with one attached hydrogen (secondary N) is 1. The number of halogens is 6. The lowest BCUT2D eigenvalue weighted by Crippen LogP contribution is -2.20. The van der Waals surface area contributed by atoms with E-state index in [0.29, 0.717) is 12.1 Å². The van der Waals surface area contributed by atoms with Crippen LogP contribution in [0.5, 0.6) is 0 Å². The standard InChI is InChI=1S/C15H12F6N2O2/c1-7(12-11(24)6-23-13(12)25)22-5-8-2-9(14(16,17)18)4-10(3-8)15(19,20)21/h2-4,24H,5-6H2,1H3,(H,23,25). The number of rotatable bonds is 3. The van der Waals surface area contributed by atoms with Gasteiger partial charge in [-0.3, -0.25) is 9.79 Å². The first-order valence-corrected chi connectivity index (χ1v) is 6.89. The lowest BCUT2D eigenvalue weighted by atomic mass is 10.0. The van der Waals surface area contributed by atoms with Gasteiger partial charge in [0.2, 0.25) is 0 Å². The molecule has 1 heterocycles. The average molecular weight is 366 g/mol. The van der Waals surface area contributed by atoms with Crippen molar-refractivity contribution in [1.29, 1.82) is 0 Å². The molecule has 10 heteroatoms. The highest BCUT2D eigenvalue weighted by Gasteiger charge is 2.36. The predicted molar refractivity (Wildman–Crippen MR) is 75.9 cm³/mol. The normalized spacial score (nSPS) is 16.4. The zero-order valence-corrected chi connectivity index (χ0v) is 12.7. The summed E-state index contributed by atoms with van der Waals surface area (Å²) in [7, 11) is 0. The molecular formula is C15H12F6N2O2. The molecule has 0 spiro atoms. The Morgan fingerprint density at radius 1 is 1.12 bits per heavy atom. The number of hydrogen-bond donors (Lipinski definition) is 2. The van der Waals surface area contributed by atoms with Crippen LogP contribution in [-0.4, -0.2) is 23.3 Å². The van der Waals surface area contributed by atoms with E-state index in [4.69, 9.17) is 0 Å². The van der Waals surface area contributed by atoms with Crippen molar-refractivity contribution in [3.63, 3.8) is 0 Å². The van der Waals surface area contributed by atoms with Crippen molar-refractivity contribution in [1.82, 2.24) is 5.32 Å². The number of carbonyl (C=O) groups is 1. The third-order valence-corrected chi connectivity index (χ3v) is 3.44. The number of hydrogen-bond acceptors (Lipinski definition) is 3. The predicted octanol–water partition coefficient (Wildman–Crippen LogP) is 3.63. The highest BCUT2D eigenvalue weighted by atomic mass is 19.4. The molecule has 0 fully saturated rings. The van der Waals surface area contributed by atoms with Crippen LogP contribution >= 0.6 is 0 Å². The number of amides is 1. The lowest BCUT2D eigenvalue weighted by molar-refractivity contribution is -0.143. The molecule has 25 heavy (non-hydrogen) atoms. The Hall–Kier alpha value is -2.52. The van der Waals surface area contributed by atoms with Crippen molar-refractivity contribution in [2.45, 2.75) is 25.8 Å². The van der Waals surface area contributed by atoms with Gasteiger partial charge in [0, 0.05) is 5.71 Å². The van der Waals surface area contributed by atoms with Gasteiger partial charge in [0.15, 0.2) is 0 Å². The maximum absolute atomic E-state index is 12.8. The van der Waals surface area contributed by atoms with E-state index >= 15 is 0 Å². The largest absolute Gasteiger partial charge is 0.510 e. The first kappa shape index (κ1) is 18.8. The number of benzene rings is 1. The summed E-state index contributed by atoms with van der Waals surface area (Å²) < 4.78 is 76.7. The van der Waals surface area contributed by atoms with Crippen LogP contribution in [-0.2, 0) is 23.7 Å². The van der Waals surface area contributed by atoms with E-state index in [9.17, 15) is 36.2 Å². The maximum atomic E-state index is 12.8. The molecule has 1 aromatic rings. The van der Waals surface area contributed by atoms with Gasteiger partial charge < -0.3 is 10.4 Å². The van der Waals surface area contributed by atoms with Crippen LogP contribution in [0.4, 0.5) is 26.3 Å². The SMILES string of the molecule is CC(=NCc1cc(C(F)(F)F)cc(C(F)(F)F)c1)C1=C(O)CNC1=O. The van der Waals surface area contributed by atoms with Gasteiger partial charge in [-0.2, -0.15) is 26.3 Å². The number of aliphatic hydroxyl groups excluding tert-OH is 1. The molecule has 0 saturated carbocycles. The van der Waals surface area contributed by atoms with Crippen molar-refractivity contribution in [2.75, 3.05) is 6.54 Å². The Kier molecular flexibility index (Phi) is 4.83. The van der Waals surface area contributed by atoms with Crippen LogP contribution in [0.25, 0.3) is 0 Å². The average Bonchev–Trinajstić information content (AvgIpc) is 2.82. The molecule has 0 radical (unpaired) electrons. The second-order valence-electron chi connectivity index (χ2n) is 5.32. The van der Waals surface area contributed by atoms with Gasteiger partial charge in [0.25, 0.3) is 5.91 Å². The van der Waals surface area contributed by atoms with E-state index in [1.54, 1.807) is 0 Å². The van der Waals surface area contributed by atoms with Crippen LogP contribution in [0, 0.1) is 0 Å². The second kappa shape index (κ2) is 6.41. The fourth-order valence-electron chi connectivity index (χ4n) is 2.24. The molecule has 0 atom stereocenters. The molecule has 2 N–H and O–H groups in total. The summed E-state index contributed by atoms with van der Waals surface area (Å²) in [6, 6.07) is 1.16. The van der Waals surface area contributed by atoms with E-state index in [2.05, 4.69) is 10.3 Å². The molecule has 1 aliphatic heterocycles. The topological polar surface area (TPSA) is 61.7 Å². The Morgan fingerprint density at radius 2 is 1.64 bits per heavy atom. The van der Waals surface area contributed by atoms with Gasteiger partial charge in [-0.1, -0.05) is 0 Å². The Balaban J connectivity index is 2.38. The Bertz CT molecular complexity index is 730. The van der Waals surface area contributed by atoms with Gasteiger partial charge in [0.05, 0.1) is 29.8 Å². The minimum Gasteiger partial charge on any atom is -0.510 e. The molecule has 2 rings (SSSR count). The number of aliphatic hydroxyl groups is 1. The Morgan fingerprint density at radius 3 is 2.04 bits per heavy atom. The minimum absolute atomic E-state index is 0.0125. The van der Waals surface area contributed by atoms with Crippen molar-refractivity contribution in [3.05, 3.63) is 46.2 Å². The first-order valence-electron chi connectivity index (χ1n) is 6.89. The number of alkyl halides is 6. The summed E-state index contributed by atoms with van der Waals surface area (Å²) in [6.45, 7) is 0.709. The van der Waals surface area contributed by atoms with E-state index in [1.165, 1.54) is 6.92 Å². The van der Waals surface area contributed by atoms with Crippen LogP contribution in [0.15, 0.2) is 34.5 Å². The zero-order chi connectivity index (χ0) is 19.0. The minimum atomic E-state index is -4.94. The van der Waals surface area contributed by atoms with Crippen molar-refractivity contribution in [2.24, 2.45) is 4.99 Å². The smallest absolute Gasteiger partial charge is 0.416 e.